The Kier molecular flexibility index (Phi) is 3.25. The molecule has 1 aliphatic heterocycles. The summed E-state index contributed by atoms with van der Waals surface area (Å²) in [5.74, 6) is 0.0995. The number of aliphatic hydroxyl groups is 1. The largest absolute Gasteiger partial charge is 0.393 e. The third kappa shape index (κ3) is 2.25. The number of hydrogen-bond acceptors (Lipinski definition) is 2. The highest BCUT2D eigenvalue weighted by molar-refractivity contribution is 5.96. The van der Waals surface area contributed by atoms with Gasteiger partial charge < -0.3 is 10.0 Å². The average Bonchev–Trinajstić information content (AvgIpc) is 2.28. The highest BCUT2D eigenvalue weighted by atomic mass is 16.3. The van der Waals surface area contributed by atoms with Crippen molar-refractivity contribution in [2.75, 3.05) is 13.1 Å². The second-order valence-corrected chi connectivity index (χ2v) is 4.34. The quantitative estimate of drug-likeness (QED) is 0.836. The molecule has 0 saturated heterocycles. The standard InChI is InChI=1S/C13H17NO2/c1-10(15)6-8-14-9-7-11-4-2-3-5-12(11)13(14)16/h2-5,10,15H,6-9H2,1H3. The zero-order valence-electron chi connectivity index (χ0n) is 9.52. The molecule has 0 fully saturated rings. The summed E-state index contributed by atoms with van der Waals surface area (Å²) in [6, 6.07) is 7.76. The van der Waals surface area contributed by atoms with Gasteiger partial charge in [0.2, 0.25) is 0 Å². The first-order chi connectivity index (χ1) is 7.68. The molecule has 0 saturated carbocycles. The molecule has 0 aliphatic carbocycles. The molecule has 1 aromatic rings. The fraction of sp³-hybridized carbons (Fsp3) is 0.462. The fourth-order valence-corrected chi connectivity index (χ4v) is 2.03. The first-order valence-electron chi connectivity index (χ1n) is 5.73. The number of amides is 1. The van der Waals surface area contributed by atoms with Crippen molar-refractivity contribution >= 4 is 5.91 Å². The number of hydrogen-bond donors (Lipinski definition) is 1. The summed E-state index contributed by atoms with van der Waals surface area (Å²) in [5, 5.41) is 9.23. The Morgan fingerprint density at radius 1 is 1.44 bits per heavy atom. The van der Waals surface area contributed by atoms with Gasteiger partial charge in [0, 0.05) is 18.7 Å². The van der Waals surface area contributed by atoms with E-state index in [0.717, 1.165) is 24.1 Å². The van der Waals surface area contributed by atoms with Crippen molar-refractivity contribution in [3.63, 3.8) is 0 Å². The maximum Gasteiger partial charge on any atom is 0.254 e. The summed E-state index contributed by atoms with van der Waals surface area (Å²) in [7, 11) is 0. The van der Waals surface area contributed by atoms with Crippen LogP contribution in [0.25, 0.3) is 0 Å². The molecule has 3 nitrogen and oxygen atoms in total. The van der Waals surface area contributed by atoms with E-state index in [0.29, 0.717) is 13.0 Å². The molecule has 1 atom stereocenters. The van der Waals surface area contributed by atoms with Crippen LogP contribution >= 0.6 is 0 Å². The van der Waals surface area contributed by atoms with E-state index in [4.69, 9.17) is 0 Å². The monoisotopic (exact) mass is 219 g/mol. The number of carbonyl (C=O) groups excluding carboxylic acids is 1. The molecule has 1 unspecified atom stereocenters. The summed E-state index contributed by atoms with van der Waals surface area (Å²) in [6.45, 7) is 3.16. The van der Waals surface area contributed by atoms with Gasteiger partial charge in [0.25, 0.3) is 5.91 Å². The van der Waals surface area contributed by atoms with Crippen LogP contribution in [-0.2, 0) is 6.42 Å². The van der Waals surface area contributed by atoms with Gasteiger partial charge in [0.05, 0.1) is 6.10 Å². The molecular weight excluding hydrogens is 202 g/mol. The maximum atomic E-state index is 12.1. The first kappa shape index (κ1) is 11.1. The van der Waals surface area contributed by atoms with Crippen LogP contribution < -0.4 is 0 Å². The van der Waals surface area contributed by atoms with Gasteiger partial charge in [-0.15, -0.1) is 0 Å². The second-order valence-electron chi connectivity index (χ2n) is 4.34. The lowest BCUT2D eigenvalue weighted by Crippen LogP contribution is -2.39. The molecule has 0 radical (unpaired) electrons. The number of aliphatic hydroxyl groups excluding tert-OH is 1. The predicted molar refractivity (Wildman–Crippen MR) is 62.3 cm³/mol. The van der Waals surface area contributed by atoms with Crippen molar-refractivity contribution in [1.82, 2.24) is 4.90 Å². The lowest BCUT2D eigenvalue weighted by Gasteiger charge is -2.28. The number of nitrogens with zero attached hydrogens (tertiary/aromatic N) is 1. The number of carbonyl (C=O) groups is 1. The Bertz CT molecular complexity index is 387. The highest BCUT2D eigenvalue weighted by Crippen LogP contribution is 2.18. The molecule has 1 aliphatic rings. The van der Waals surface area contributed by atoms with Gasteiger partial charge in [-0.25, -0.2) is 0 Å². The molecule has 0 bridgehead atoms. The van der Waals surface area contributed by atoms with Crippen LogP contribution in [0.4, 0.5) is 0 Å². The summed E-state index contributed by atoms with van der Waals surface area (Å²) >= 11 is 0. The second kappa shape index (κ2) is 4.66. The molecule has 3 heteroatoms. The smallest absolute Gasteiger partial charge is 0.254 e. The number of benzene rings is 1. The van der Waals surface area contributed by atoms with Gasteiger partial charge in [-0.1, -0.05) is 18.2 Å². The number of fused-ring (bicyclic) bond motifs is 1. The van der Waals surface area contributed by atoms with Gasteiger partial charge in [-0.3, -0.25) is 4.79 Å². The third-order valence-electron chi connectivity index (χ3n) is 3.00. The molecule has 0 aromatic heterocycles. The van der Waals surface area contributed by atoms with E-state index in [-0.39, 0.29) is 12.0 Å². The van der Waals surface area contributed by atoms with Crippen LogP contribution in [0.2, 0.25) is 0 Å². The molecule has 1 heterocycles. The van der Waals surface area contributed by atoms with Crippen molar-refractivity contribution in [2.45, 2.75) is 25.9 Å². The Morgan fingerprint density at radius 3 is 2.94 bits per heavy atom. The van der Waals surface area contributed by atoms with E-state index in [2.05, 4.69) is 0 Å². The van der Waals surface area contributed by atoms with Crippen LogP contribution in [0.3, 0.4) is 0 Å². The van der Waals surface area contributed by atoms with Gasteiger partial charge in [-0.05, 0) is 31.4 Å². The normalized spacial score (nSPS) is 17.1. The van der Waals surface area contributed by atoms with Crippen molar-refractivity contribution < 1.29 is 9.90 Å². The van der Waals surface area contributed by atoms with Crippen LogP contribution in [0.1, 0.15) is 29.3 Å². The van der Waals surface area contributed by atoms with Crippen molar-refractivity contribution in [1.29, 1.82) is 0 Å². The first-order valence-corrected chi connectivity index (χ1v) is 5.73. The predicted octanol–water partition coefficient (Wildman–Crippen LogP) is 1.46. The Morgan fingerprint density at radius 2 is 2.19 bits per heavy atom. The summed E-state index contributed by atoms with van der Waals surface area (Å²) in [4.78, 5) is 13.9. The van der Waals surface area contributed by atoms with E-state index >= 15 is 0 Å². The highest BCUT2D eigenvalue weighted by Gasteiger charge is 2.23. The molecule has 1 amide bonds. The molecule has 1 aromatic carbocycles. The Balaban J connectivity index is 2.09. The maximum absolute atomic E-state index is 12.1. The Hall–Kier alpha value is -1.35. The Labute approximate surface area is 95.7 Å². The van der Waals surface area contributed by atoms with E-state index in [9.17, 15) is 9.90 Å². The van der Waals surface area contributed by atoms with Gasteiger partial charge in [-0.2, -0.15) is 0 Å². The molecule has 86 valence electrons. The van der Waals surface area contributed by atoms with Crippen LogP contribution in [-0.4, -0.2) is 35.1 Å². The van der Waals surface area contributed by atoms with Gasteiger partial charge in [0.1, 0.15) is 0 Å². The lowest BCUT2D eigenvalue weighted by molar-refractivity contribution is 0.0708. The van der Waals surface area contributed by atoms with Gasteiger partial charge in [0.15, 0.2) is 0 Å². The van der Waals surface area contributed by atoms with E-state index in [1.807, 2.05) is 29.2 Å². The molecule has 16 heavy (non-hydrogen) atoms. The fourth-order valence-electron chi connectivity index (χ4n) is 2.03. The van der Waals surface area contributed by atoms with Crippen LogP contribution in [0.15, 0.2) is 24.3 Å². The van der Waals surface area contributed by atoms with Crippen molar-refractivity contribution in [3.05, 3.63) is 35.4 Å². The number of rotatable bonds is 3. The minimum atomic E-state index is -0.343. The molecular formula is C13H17NO2. The SMILES string of the molecule is CC(O)CCN1CCc2ccccc2C1=O. The van der Waals surface area contributed by atoms with Gasteiger partial charge >= 0.3 is 0 Å². The average molecular weight is 219 g/mol. The van der Waals surface area contributed by atoms with Crippen LogP contribution in [0, 0.1) is 0 Å². The summed E-state index contributed by atoms with van der Waals surface area (Å²) < 4.78 is 0. The summed E-state index contributed by atoms with van der Waals surface area (Å²) in [6.07, 6.45) is 1.22. The van der Waals surface area contributed by atoms with Crippen molar-refractivity contribution in [3.8, 4) is 0 Å². The molecule has 1 N–H and O–H groups in total. The minimum Gasteiger partial charge on any atom is -0.393 e. The molecule has 2 rings (SSSR count). The minimum absolute atomic E-state index is 0.0995. The van der Waals surface area contributed by atoms with Crippen molar-refractivity contribution in [2.24, 2.45) is 0 Å². The zero-order valence-corrected chi connectivity index (χ0v) is 9.52. The summed E-state index contributed by atoms with van der Waals surface area (Å²) in [5.41, 5.74) is 1.96. The topological polar surface area (TPSA) is 40.5 Å². The van der Waals surface area contributed by atoms with E-state index < -0.39 is 0 Å². The lowest BCUT2D eigenvalue weighted by atomic mass is 9.99. The zero-order chi connectivity index (χ0) is 11.5. The molecule has 0 spiro atoms. The van der Waals surface area contributed by atoms with E-state index in [1.165, 1.54) is 0 Å². The van der Waals surface area contributed by atoms with E-state index in [1.54, 1.807) is 6.92 Å². The van der Waals surface area contributed by atoms with Crippen LogP contribution in [0.5, 0.6) is 0 Å². The third-order valence-corrected chi connectivity index (χ3v) is 3.00.